The lowest BCUT2D eigenvalue weighted by molar-refractivity contribution is -0.138. The minimum Gasteiger partial charge on any atom is -0.341 e. The second-order valence-corrected chi connectivity index (χ2v) is 7.26. The molecule has 4 nitrogen and oxygen atoms in total. The number of carbonyl (C=O) groups excluding carboxylic acids is 2. The first kappa shape index (κ1) is 13.9. The predicted octanol–water partition coefficient (Wildman–Crippen LogP) is 2.25. The Labute approximate surface area is 127 Å². The van der Waals surface area contributed by atoms with Gasteiger partial charge in [-0.25, -0.2) is 0 Å². The van der Waals surface area contributed by atoms with E-state index < -0.39 is 0 Å². The van der Waals surface area contributed by atoms with E-state index in [1.54, 1.807) is 28.0 Å². The van der Waals surface area contributed by atoms with Gasteiger partial charge >= 0.3 is 0 Å². The molecule has 1 atom stereocenters. The number of nitrogens with zero attached hydrogens (tertiary/aromatic N) is 2. The van der Waals surface area contributed by atoms with Crippen LogP contribution in [0.5, 0.6) is 0 Å². The Morgan fingerprint density at radius 1 is 1.40 bits per heavy atom. The van der Waals surface area contributed by atoms with Crippen LogP contribution >= 0.6 is 23.1 Å². The van der Waals surface area contributed by atoms with Gasteiger partial charge in [-0.2, -0.15) is 0 Å². The Kier molecular flexibility index (Phi) is 4.03. The summed E-state index contributed by atoms with van der Waals surface area (Å²) in [7, 11) is 0. The van der Waals surface area contributed by atoms with E-state index in [2.05, 4.69) is 18.4 Å². The van der Waals surface area contributed by atoms with Gasteiger partial charge in [-0.1, -0.05) is 0 Å². The van der Waals surface area contributed by atoms with Gasteiger partial charge in [0.2, 0.25) is 11.8 Å². The zero-order valence-electron chi connectivity index (χ0n) is 11.5. The van der Waals surface area contributed by atoms with E-state index in [1.807, 2.05) is 4.90 Å². The molecule has 0 bridgehead atoms. The minimum atomic E-state index is 0.0223. The number of hydrogen-bond acceptors (Lipinski definition) is 4. The van der Waals surface area contributed by atoms with Gasteiger partial charge in [-0.05, 0) is 36.8 Å². The van der Waals surface area contributed by atoms with Crippen molar-refractivity contribution in [1.29, 1.82) is 0 Å². The molecule has 20 heavy (non-hydrogen) atoms. The molecule has 0 aliphatic carbocycles. The van der Waals surface area contributed by atoms with Crippen LogP contribution in [0.3, 0.4) is 0 Å². The Bertz CT molecular complexity index is 523. The van der Waals surface area contributed by atoms with Crippen LogP contribution in [0.15, 0.2) is 11.4 Å². The van der Waals surface area contributed by atoms with Crippen LogP contribution in [-0.4, -0.2) is 47.0 Å². The van der Waals surface area contributed by atoms with E-state index >= 15 is 0 Å². The van der Waals surface area contributed by atoms with Gasteiger partial charge in [0.15, 0.2) is 0 Å². The number of aryl methyl sites for hydroxylation is 1. The monoisotopic (exact) mass is 310 g/mol. The molecule has 6 heteroatoms. The molecule has 1 aromatic heterocycles. The highest BCUT2D eigenvalue weighted by molar-refractivity contribution is 8.00. The van der Waals surface area contributed by atoms with Crippen molar-refractivity contribution < 1.29 is 9.59 Å². The first-order valence-corrected chi connectivity index (χ1v) is 8.82. The van der Waals surface area contributed by atoms with Crippen LogP contribution < -0.4 is 0 Å². The van der Waals surface area contributed by atoms with Gasteiger partial charge in [-0.3, -0.25) is 9.59 Å². The van der Waals surface area contributed by atoms with Crippen molar-refractivity contribution in [2.24, 2.45) is 0 Å². The minimum absolute atomic E-state index is 0.0223. The standard InChI is InChI=1S/C14H18N2O2S2/c1-10-4-7-19-13(10)14-16(12(18)9-20-14)8-11(17)15-5-2-3-6-15/h4,7,14H,2-3,5-6,8-9H2,1H3/t14-/m1/s1. The molecule has 108 valence electrons. The molecule has 2 saturated heterocycles. The summed E-state index contributed by atoms with van der Waals surface area (Å²) in [6.45, 7) is 3.98. The number of hydrogen-bond donors (Lipinski definition) is 0. The van der Waals surface area contributed by atoms with E-state index in [-0.39, 0.29) is 23.7 Å². The lowest BCUT2D eigenvalue weighted by atomic mass is 10.2. The van der Waals surface area contributed by atoms with Crippen molar-refractivity contribution in [3.05, 3.63) is 21.9 Å². The van der Waals surface area contributed by atoms with Crippen molar-refractivity contribution in [2.75, 3.05) is 25.4 Å². The number of rotatable bonds is 3. The molecule has 3 rings (SSSR count). The first-order chi connectivity index (χ1) is 9.66. The fourth-order valence-electron chi connectivity index (χ4n) is 2.69. The molecular formula is C14H18N2O2S2. The quantitative estimate of drug-likeness (QED) is 0.860. The molecule has 2 aliphatic rings. The first-order valence-electron chi connectivity index (χ1n) is 6.89. The number of likely N-dealkylation sites (tertiary alicyclic amines) is 1. The van der Waals surface area contributed by atoms with Crippen LogP contribution in [0.4, 0.5) is 0 Å². The summed E-state index contributed by atoms with van der Waals surface area (Å²) < 4.78 is 0. The number of thiophene rings is 1. The molecule has 0 unspecified atom stereocenters. The summed E-state index contributed by atoms with van der Waals surface area (Å²) in [6, 6.07) is 2.07. The van der Waals surface area contributed by atoms with E-state index in [1.165, 1.54) is 10.4 Å². The third-order valence-corrected chi connectivity index (χ3v) is 6.30. The second-order valence-electron chi connectivity index (χ2n) is 5.24. The molecular weight excluding hydrogens is 292 g/mol. The Morgan fingerprint density at radius 2 is 2.15 bits per heavy atom. The zero-order valence-corrected chi connectivity index (χ0v) is 13.1. The van der Waals surface area contributed by atoms with Crippen molar-refractivity contribution in [2.45, 2.75) is 25.1 Å². The molecule has 3 heterocycles. The molecule has 0 spiro atoms. The molecule has 1 aromatic rings. The number of amides is 2. The largest absolute Gasteiger partial charge is 0.341 e. The molecule has 0 saturated carbocycles. The number of thioether (sulfide) groups is 1. The molecule has 2 aliphatic heterocycles. The summed E-state index contributed by atoms with van der Waals surface area (Å²) in [6.07, 6.45) is 2.17. The molecule has 0 radical (unpaired) electrons. The number of carbonyl (C=O) groups is 2. The fraction of sp³-hybridized carbons (Fsp3) is 0.571. The Hall–Kier alpha value is -1.01. The highest BCUT2D eigenvalue weighted by Crippen LogP contribution is 2.42. The van der Waals surface area contributed by atoms with Crippen LogP contribution in [0.2, 0.25) is 0 Å². The SMILES string of the molecule is Cc1ccsc1[C@H]1SCC(=O)N1CC(=O)N1CCCC1. The van der Waals surface area contributed by atoms with Crippen LogP contribution in [0, 0.1) is 6.92 Å². The Morgan fingerprint density at radius 3 is 2.80 bits per heavy atom. The van der Waals surface area contributed by atoms with Crippen LogP contribution in [-0.2, 0) is 9.59 Å². The van der Waals surface area contributed by atoms with E-state index in [0.717, 1.165) is 25.9 Å². The molecule has 2 fully saturated rings. The van der Waals surface area contributed by atoms with Gasteiger partial charge in [-0.15, -0.1) is 23.1 Å². The molecule has 2 amide bonds. The van der Waals surface area contributed by atoms with Crippen molar-refractivity contribution in [3.8, 4) is 0 Å². The van der Waals surface area contributed by atoms with Crippen molar-refractivity contribution >= 4 is 34.9 Å². The van der Waals surface area contributed by atoms with Gasteiger partial charge in [0.25, 0.3) is 0 Å². The van der Waals surface area contributed by atoms with E-state index in [0.29, 0.717) is 5.75 Å². The van der Waals surface area contributed by atoms with Crippen molar-refractivity contribution in [1.82, 2.24) is 9.80 Å². The summed E-state index contributed by atoms with van der Waals surface area (Å²) in [5.41, 5.74) is 1.21. The lowest BCUT2D eigenvalue weighted by Crippen LogP contribution is -2.40. The van der Waals surface area contributed by atoms with Gasteiger partial charge in [0.1, 0.15) is 11.9 Å². The second kappa shape index (κ2) is 5.77. The summed E-state index contributed by atoms with van der Waals surface area (Å²) in [4.78, 5) is 29.2. The third kappa shape index (κ3) is 2.59. The van der Waals surface area contributed by atoms with E-state index in [9.17, 15) is 9.59 Å². The maximum absolute atomic E-state index is 12.3. The smallest absolute Gasteiger partial charge is 0.242 e. The molecule has 0 aromatic carbocycles. The normalized spacial score (nSPS) is 22.9. The van der Waals surface area contributed by atoms with Gasteiger partial charge in [0.05, 0.1) is 5.75 Å². The maximum Gasteiger partial charge on any atom is 0.242 e. The highest BCUT2D eigenvalue weighted by Gasteiger charge is 2.36. The van der Waals surface area contributed by atoms with Crippen LogP contribution in [0.25, 0.3) is 0 Å². The molecule has 0 N–H and O–H groups in total. The summed E-state index contributed by atoms with van der Waals surface area (Å²) >= 11 is 3.30. The van der Waals surface area contributed by atoms with E-state index in [4.69, 9.17) is 0 Å². The predicted molar refractivity (Wildman–Crippen MR) is 81.8 cm³/mol. The topological polar surface area (TPSA) is 40.6 Å². The summed E-state index contributed by atoms with van der Waals surface area (Å²) in [5, 5.41) is 2.07. The van der Waals surface area contributed by atoms with Gasteiger partial charge < -0.3 is 9.80 Å². The summed E-state index contributed by atoms with van der Waals surface area (Å²) in [5.74, 6) is 0.660. The maximum atomic E-state index is 12.3. The van der Waals surface area contributed by atoms with Crippen LogP contribution in [0.1, 0.15) is 28.7 Å². The average molecular weight is 310 g/mol. The Balaban J connectivity index is 1.74. The van der Waals surface area contributed by atoms with Crippen molar-refractivity contribution in [3.63, 3.8) is 0 Å². The van der Waals surface area contributed by atoms with Gasteiger partial charge in [0, 0.05) is 18.0 Å². The third-order valence-electron chi connectivity index (χ3n) is 3.86. The zero-order chi connectivity index (χ0) is 14.1. The lowest BCUT2D eigenvalue weighted by Gasteiger charge is -2.25. The fourth-order valence-corrected chi connectivity index (χ4v) is 5.15. The highest BCUT2D eigenvalue weighted by atomic mass is 32.2. The average Bonchev–Trinajstić information content (AvgIpc) is 3.13.